The minimum atomic E-state index is -3.22. The zero-order valence-electron chi connectivity index (χ0n) is 17.8. The van der Waals surface area contributed by atoms with Crippen LogP contribution in [0.3, 0.4) is 0 Å². The van der Waals surface area contributed by atoms with Crippen LogP contribution in [0.5, 0.6) is 0 Å². The third-order valence-corrected chi connectivity index (χ3v) is 4.25. The maximum absolute atomic E-state index is 14.2. The van der Waals surface area contributed by atoms with E-state index in [1.165, 1.54) is 53.1 Å². The first-order valence-electron chi connectivity index (χ1n) is 9.63. The minimum Gasteiger partial charge on any atom is -0.404 e. The van der Waals surface area contributed by atoms with Gasteiger partial charge in [-0.3, -0.25) is 14.8 Å². The summed E-state index contributed by atoms with van der Waals surface area (Å²) in [6.07, 6.45) is 6.88. The molecule has 11 heteroatoms. The number of halogens is 2. The second kappa shape index (κ2) is 11.2. The monoisotopic (exact) mass is 459 g/mol. The number of aromatic nitrogens is 4. The average Bonchev–Trinajstić information content (AvgIpc) is 3.26. The Labute approximate surface area is 186 Å². The van der Waals surface area contributed by atoms with Crippen molar-refractivity contribution in [1.82, 2.24) is 19.7 Å². The lowest BCUT2D eigenvalue weighted by Gasteiger charge is -2.13. The summed E-state index contributed by atoms with van der Waals surface area (Å²) in [6, 6.07) is 7.70. The van der Waals surface area contributed by atoms with E-state index >= 15 is 0 Å². The highest BCUT2D eigenvalue weighted by molar-refractivity contribution is 7.17. The van der Waals surface area contributed by atoms with Crippen molar-refractivity contribution >= 4 is 27.2 Å². The number of hydrogen-bond acceptors (Lipinski definition) is 6. The van der Waals surface area contributed by atoms with Crippen LogP contribution in [0.1, 0.15) is 19.5 Å². The number of rotatable bonds is 6. The molecule has 3 N–H and O–H groups in total. The highest BCUT2D eigenvalue weighted by Gasteiger charge is 2.31. The number of pyridine rings is 2. The SMILES string of the molecule is CC.CN=C/C(=C\N)C(=O)Nc1ccc(-n2nc(-c3cccnc3)cc2C(F)(F)P)cn1. The normalized spacial score (nSPS) is 11.8. The predicted octanol–water partition coefficient (Wildman–Crippen LogP) is 3.76. The Balaban J connectivity index is 0.00000176. The molecule has 0 aliphatic rings. The summed E-state index contributed by atoms with van der Waals surface area (Å²) >= 11 is 0. The van der Waals surface area contributed by atoms with Crippen molar-refractivity contribution in [3.63, 3.8) is 0 Å². The van der Waals surface area contributed by atoms with Gasteiger partial charge in [0.15, 0.2) is 0 Å². The van der Waals surface area contributed by atoms with E-state index in [9.17, 15) is 13.6 Å². The Hall–Kier alpha value is -3.52. The number of nitrogens with zero attached hydrogens (tertiary/aromatic N) is 5. The molecule has 0 aliphatic carbocycles. The highest BCUT2D eigenvalue weighted by atomic mass is 31.0. The van der Waals surface area contributed by atoms with E-state index in [0.717, 1.165) is 10.9 Å². The van der Waals surface area contributed by atoms with Crippen LogP contribution >= 0.6 is 9.24 Å². The van der Waals surface area contributed by atoms with Gasteiger partial charge in [-0.2, -0.15) is 13.9 Å². The fourth-order valence-electron chi connectivity index (χ4n) is 2.56. The van der Waals surface area contributed by atoms with Crippen molar-refractivity contribution < 1.29 is 13.6 Å². The van der Waals surface area contributed by atoms with Gasteiger partial charge in [0.25, 0.3) is 11.6 Å². The molecule has 0 spiro atoms. The van der Waals surface area contributed by atoms with Gasteiger partial charge in [-0.15, -0.1) is 0 Å². The summed E-state index contributed by atoms with van der Waals surface area (Å²) in [5.74, 6) is -0.287. The van der Waals surface area contributed by atoms with Crippen molar-refractivity contribution in [3.8, 4) is 16.9 Å². The van der Waals surface area contributed by atoms with Crippen molar-refractivity contribution in [2.75, 3.05) is 12.4 Å². The molecule has 0 aliphatic heterocycles. The number of nitrogens with one attached hydrogen (secondary N) is 1. The largest absolute Gasteiger partial charge is 0.404 e. The Morgan fingerprint density at radius 3 is 2.56 bits per heavy atom. The first kappa shape index (κ1) is 24.7. The highest BCUT2D eigenvalue weighted by Crippen LogP contribution is 2.37. The number of nitrogens with two attached hydrogens (primary N) is 1. The zero-order valence-corrected chi connectivity index (χ0v) is 19.0. The van der Waals surface area contributed by atoms with E-state index in [1.54, 1.807) is 18.3 Å². The van der Waals surface area contributed by atoms with Crippen molar-refractivity contribution in [1.29, 1.82) is 0 Å². The van der Waals surface area contributed by atoms with Crippen molar-refractivity contribution in [2.45, 2.75) is 19.5 Å². The lowest BCUT2D eigenvalue weighted by atomic mass is 10.2. The predicted molar refractivity (Wildman–Crippen MR) is 125 cm³/mol. The Morgan fingerprint density at radius 1 is 1.28 bits per heavy atom. The van der Waals surface area contributed by atoms with Gasteiger partial charge in [0.05, 0.1) is 23.2 Å². The summed E-state index contributed by atoms with van der Waals surface area (Å²) in [4.78, 5) is 24.0. The quantitative estimate of drug-likeness (QED) is 0.331. The fourth-order valence-corrected chi connectivity index (χ4v) is 2.77. The number of carbonyl (C=O) groups is 1. The van der Waals surface area contributed by atoms with Gasteiger partial charge in [-0.25, -0.2) is 9.67 Å². The number of amides is 1. The molecule has 0 fully saturated rings. The molecular formula is C21H24F2N7OP. The maximum atomic E-state index is 14.2. The topological polar surface area (TPSA) is 111 Å². The Kier molecular flexibility index (Phi) is 8.66. The third-order valence-electron chi connectivity index (χ3n) is 3.95. The van der Waals surface area contributed by atoms with Crippen LogP contribution in [0.2, 0.25) is 0 Å². The van der Waals surface area contributed by atoms with Gasteiger partial charge in [-0.05, 0) is 30.3 Å². The van der Waals surface area contributed by atoms with E-state index in [4.69, 9.17) is 5.73 Å². The van der Waals surface area contributed by atoms with Crippen LogP contribution in [0, 0.1) is 0 Å². The summed E-state index contributed by atoms with van der Waals surface area (Å²) in [5, 5.41) is 6.84. The fraction of sp³-hybridized carbons (Fsp3) is 0.190. The first-order chi connectivity index (χ1) is 15.3. The molecule has 168 valence electrons. The average molecular weight is 459 g/mol. The summed E-state index contributed by atoms with van der Waals surface area (Å²) < 4.78 is 29.4. The van der Waals surface area contributed by atoms with Gasteiger partial charge < -0.3 is 11.1 Å². The molecule has 0 saturated carbocycles. The first-order valence-corrected chi connectivity index (χ1v) is 10.2. The number of anilines is 1. The molecule has 1 atom stereocenters. The van der Waals surface area contributed by atoms with Gasteiger partial charge in [0.1, 0.15) is 11.5 Å². The van der Waals surface area contributed by atoms with Gasteiger partial charge in [0.2, 0.25) is 0 Å². The Morgan fingerprint density at radius 2 is 2.03 bits per heavy atom. The van der Waals surface area contributed by atoms with Crippen LogP contribution in [-0.4, -0.2) is 38.9 Å². The standard InChI is InChI=1S/C19H18F2N7OP.C2H6/c1-23-9-13(8-22)18(29)26-17-5-4-14(11-25-17)28-16(19(20,21)30)7-15(27-28)12-3-2-6-24-10-12;1-2/h2-11H,22,30H2,1H3,(H,25,26,29);1-2H3/b13-8+,23-9?;. The summed E-state index contributed by atoms with van der Waals surface area (Å²) in [6.45, 7) is 4.00. The second-order valence-corrected chi connectivity index (χ2v) is 6.78. The lowest BCUT2D eigenvalue weighted by molar-refractivity contribution is -0.112. The number of alkyl halides is 2. The molecule has 1 unspecified atom stereocenters. The van der Waals surface area contributed by atoms with Crippen LogP contribution in [0.15, 0.2) is 65.7 Å². The Bertz CT molecular complexity index is 1090. The maximum Gasteiger partial charge on any atom is 0.300 e. The van der Waals surface area contributed by atoms with E-state index in [-0.39, 0.29) is 17.1 Å². The zero-order chi connectivity index (χ0) is 23.7. The number of carbonyl (C=O) groups excluding carboxylic acids is 1. The molecule has 32 heavy (non-hydrogen) atoms. The minimum absolute atomic E-state index is 0.154. The van der Waals surface area contributed by atoms with E-state index in [1.807, 2.05) is 13.8 Å². The molecule has 3 aromatic rings. The van der Waals surface area contributed by atoms with Crippen molar-refractivity contribution in [3.05, 3.63) is 66.4 Å². The summed E-state index contributed by atoms with van der Waals surface area (Å²) in [5.41, 5.74) is 3.23. The van der Waals surface area contributed by atoms with E-state index < -0.39 is 11.6 Å². The van der Waals surface area contributed by atoms with Gasteiger partial charge >= 0.3 is 0 Å². The van der Waals surface area contributed by atoms with Gasteiger partial charge in [-0.1, -0.05) is 23.1 Å². The van der Waals surface area contributed by atoms with E-state index in [2.05, 4.69) is 25.4 Å². The lowest BCUT2D eigenvalue weighted by Crippen LogP contribution is -2.17. The molecule has 0 radical (unpaired) electrons. The molecule has 0 aromatic carbocycles. The van der Waals surface area contributed by atoms with Crippen molar-refractivity contribution in [2.24, 2.45) is 10.7 Å². The molecule has 3 rings (SSSR count). The molecule has 3 heterocycles. The van der Waals surface area contributed by atoms with Crippen LogP contribution in [0.4, 0.5) is 14.6 Å². The van der Waals surface area contributed by atoms with Crippen LogP contribution in [0.25, 0.3) is 16.9 Å². The molecular weight excluding hydrogens is 435 g/mol. The third kappa shape index (κ3) is 6.01. The smallest absolute Gasteiger partial charge is 0.300 e. The van der Waals surface area contributed by atoms with Crippen LogP contribution < -0.4 is 11.1 Å². The van der Waals surface area contributed by atoms with E-state index in [0.29, 0.717) is 16.9 Å². The number of aliphatic imine (C=N–C) groups is 1. The second-order valence-electron chi connectivity index (χ2n) is 6.06. The molecule has 3 aromatic heterocycles. The van der Waals surface area contributed by atoms with Gasteiger partial charge in [0, 0.05) is 37.4 Å². The number of hydrogen-bond donors (Lipinski definition) is 2. The summed E-state index contributed by atoms with van der Waals surface area (Å²) in [7, 11) is 3.01. The molecule has 0 saturated heterocycles. The molecule has 1 amide bonds. The molecule has 8 nitrogen and oxygen atoms in total. The van der Waals surface area contributed by atoms with Crippen LogP contribution in [-0.2, 0) is 10.5 Å². The molecule has 0 bridgehead atoms.